The number of nitrogens with two attached hydrogens (primary N) is 1. The Labute approximate surface area is 109 Å². The van der Waals surface area contributed by atoms with Crippen LogP contribution in [0.1, 0.15) is 16.7 Å². The minimum Gasteiger partial charge on any atom is -0.369 e. The number of rotatable bonds is 2. The number of nitrogen functional groups attached to an aromatic ring is 1. The Morgan fingerprint density at radius 3 is 2.74 bits per heavy atom. The van der Waals surface area contributed by atoms with Crippen LogP contribution in [-0.2, 0) is 6.42 Å². The zero-order chi connectivity index (χ0) is 13.4. The first-order valence-electron chi connectivity index (χ1n) is 6.05. The first-order chi connectivity index (χ1) is 9.13. The molecule has 0 bridgehead atoms. The van der Waals surface area contributed by atoms with Gasteiger partial charge in [-0.3, -0.25) is 9.78 Å². The highest BCUT2D eigenvalue weighted by molar-refractivity contribution is 5.79. The molecule has 5 heteroatoms. The average molecular weight is 254 g/mol. The van der Waals surface area contributed by atoms with Crippen LogP contribution >= 0.6 is 0 Å². The summed E-state index contributed by atoms with van der Waals surface area (Å²) in [4.78, 5) is 21.5. The van der Waals surface area contributed by atoms with E-state index in [1.807, 2.05) is 13.1 Å². The maximum Gasteiger partial charge on any atom is 0.262 e. The molecule has 0 radical (unpaired) electrons. The van der Waals surface area contributed by atoms with Crippen molar-refractivity contribution in [3.8, 4) is 0 Å². The molecule has 2 heterocycles. The van der Waals surface area contributed by atoms with Crippen LogP contribution in [0.4, 0.5) is 5.95 Å². The quantitative estimate of drug-likeness (QED) is 0.650. The molecule has 0 unspecified atom stereocenters. The van der Waals surface area contributed by atoms with Gasteiger partial charge in [0.25, 0.3) is 5.56 Å². The summed E-state index contributed by atoms with van der Waals surface area (Å²) in [5.41, 5.74) is 9.14. The number of benzene rings is 1. The van der Waals surface area contributed by atoms with E-state index < -0.39 is 0 Å². The zero-order valence-corrected chi connectivity index (χ0v) is 10.5. The molecule has 0 saturated carbocycles. The molecule has 19 heavy (non-hydrogen) atoms. The van der Waals surface area contributed by atoms with Gasteiger partial charge in [0.1, 0.15) is 5.65 Å². The molecule has 96 valence electrons. The molecule has 0 aliphatic heterocycles. The summed E-state index contributed by atoms with van der Waals surface area (Å²) in [6, 6.07) is 8.25. The Morgan fingerprint density at radius 2 is 2.00 bits per heavy atom. The molecule has 0 fully saturated rings. The smallest absolute Gasteiger partial charge is 0.262 e. The zero-order valence-electron chi connectivity index (χ0n) is 10.5. The summed E-state index contributed by atoms with van der Waals surface area (Å²) >= 11 is 0. The highest BCUT2D eigenvalue weighted by Crippen LogP contribution is 2.17. The number of fused-ring (bicyclic) bond motifs is 1. The number of nitrogens with one attached hydrogen (secondary N) is 2. The van der Waals surface area contributed by atoms with Gasteiger partial charge in [0.2, 0.25) is 5.95 Å². The lowest BCUT2D eigenvalue weighted by molar-refractivity contribution is 1.17. The van der Waals surface area contributed by atoms with Gasteiger partial charge in [0, 0.05) is 6.20 Å². The molecule has 0 spiro atoms. The third kappa shape index (κ3) is 2.10. The standard InChI is InChI=1S/C14H14N4O/c1-8-2-4-9(5-3-8)6-10-7-16-12-11(10)13(19)18-14(15)17-12/h2-5,7H,6H2,1H3,(H4,15,16,17,18,19). The van der Waals surface area contributed by atoms with E-state index in [9.17, 15) is 4.79 Å². The van der Waals surface area contributed by atoms with Crippen LogP contribution in [0, 0.1) is 6.92 Å². The second-order valence-corrected chi connectivity index (χ2v) is 4.65. The van der Waals surface area contributed by atoms with Crippen molar-refractivity contribution in [1.82, 2.24) is 15.0 Å². The maximum atomic E-state index is 11.9. The van der Waals surface area contributed by atoms with E-state index in [1.54, 1.807) is 0 Å². The van der Waals surface area contributed by atoms with Gasteiger partial charge in [-0.05, 0) is 24.5 Å². The number of hydrogen-bond acceptors (Lipinski definition) is 3. The van der Waals surface area contributed by atoms with Crippen molar-refractivity contribution in [3.05, 3.63) is 57.5 Å². The average Bonchev–Trinajstić information content (AvgIpc) is 2.75. The van der Waals surface area contributed by atoms with Gasteiger partial charge in [0.15, 0.2) is 0 Å². The third-order valence-corrected chi connectivity index (χ3v) is 3.16. The van der Waals surface area contributed by atoms with Gasteiger partial charge in [-0.2, -0.15) is 4.98 Å². The third-order valence-electron chi connectivity index (χ3n) is 3.16. The molecule has 4 N–H and O–H groups in total. The highest BCUT2D eigenvalue weighted by Gasteiger charge is 2.10. The molecule has 5 nitrogen and oxygen atoms in total. The van der Waals surface area contributed by atoms with Crippen molar-refractivity contribution in [2.45, 2.75) is 13.3 Å². The molecular formula is C14H14N4O. The van der Waals surface area contributed by atoms with Gasteiger partial charge >= 0.3 is 0 Å². The number of aryl methyl sites for hydroxylation is 1. The van der Waals surface area contributed by atoms with Crippen LogP contribution in [-0.4, -0.2) is 15.0 Å². The maximum absolute atomic E-state index is 11.9. The number of anilines is 1. The van der Waals surface area contributed by atoms with Crippen molar-refractivity contribution in [2.24, 2.45) is 0 Å². The van der Waals surface area contributed by atoms with Crippen LogP contribution in [0.3, 0.4) is 0 Å². The Kier molecular flexibility index (Phi) is 2.59. The molecule has 0 aliphatic carbocycles. The van der Waals surface area contributed by atoms with E-state index in [1.165, 1.54) is 5.56 Å². The number of nitrogens with zero attached hydrogens (tertiary/aromatic N) is 1. The minimum absolute atomic E-state index is 0.126. The molecule has 0 aliphatic rings. The second-order valence-electron chi connectivity index (χ2n) is 4.65. The Balaban J connectivity index is 2.06. The lowest BCUT2D eigenvalue weighted by Crippen LogP contribution is -2.11. The van der Waals surface area contributed by atoms with E-state index in [0.717, 1.165) is 11.1 Å². The number of H-pyrrole nitrogens is 2. The molecule has 0 atom stereocenters. The van der Waals surface area contributed by atoms with Gasteiger partial charge in [-0.25, -0.2) is 0 Å². The van der Waals surface area contributed by atoms with Crippen molar-refractivity contribution in [2.75, 3.05) is 5.73 Å². The molecular weight excluding hydrogens is 240 g/mol. The molecule has 2 aromatic heterocycles. The van der Waals surface area contributed by atoms with Gasteiger partial charge in [0.05, 0.1) is 5.39 Å². The van der Waals surface area contributed by atoms with Crippen LogP contribution in [0.2, 0.25) is 0 Å². The normalized spacial score (nSPS) is 11.0. The first-order valence-corrected chi connectivity index (χ1v) is 6.05. The summed E-state index contributed by atoms with van der Waals surface area (Å²) in [5.74, 6) is 0.126. The SMILES string of the molecule is Cc1ccc(Cc2c[nH]c3nc(N)[nH]c(=O)c23)cc1. The monoisotopic (exact) mass is 254 g/mol. The molecule has 3 aromatic rings. The predicted octanol–water partition coefficient (Wildman–Crippen LogP) is 1.73. The van der Waals surface area contributed by atoms with Crippen molar-refractivity contribution < 1.29 is 0 Å². The highest BCUT2D eigenvalue weighted by atomic mass is 16.1. The minimum atomic E-state index is -0.203. The number of aromatic nitrogens is 3. The predicted molar refractivity (Wildman–Crippen MR) is 75.1 cm³/mol. The van der Waals surface area contributed by atoms with Gasteiger partial charge in [-0.1, -0.05) is 29.8 Å². The van der Waals surface area contributed by atoms with E-state index in [4.69, 9.17) is 5.73 Å². The van der Waals surface area contributed by atoms with Crippen LogP contribution < -0.4 is 11.3 Å². The summed E-state index contributed by atoms with van der Waals surface area (Å²) in [5, 5.41) is 0.578. The molecule has 0 amide bonds. The lowest BCUT2D eigenvalue weighted by atomic mass is 10.0. The van der Waals surface area contributed by atoms with Crippen molar-refractivity contribution in [1.29, 1.82) is 0 Å². The van der Waals surface area contributed by atoms with Crippen molar-refractivity contribution in [3.63, 3.8) is 0 Å². The topological polar surface area (TPSA) is 87.6 Å². The fourth-order valence-corrected chi connectivity index (χ4v) is 2.19. The van der Waals surface area contributed by atoms with Gasteiger partial charge in [-0.15, -0.1) is 0 Å². The number of hydrogen-bond donors (Lipinski definition) is 3. The Bertz CT molecular complexity index is 783. The Morgan fingerprint density at radius 1 is 1.26 bits per heavy atom. The second kappa shape index (κ2) is 4.28. The number of aromatic amines is 2. The summed E-state index contributed by atoms with van der Waals surface area (Å²) < 4.78 is 0. The van der Waals surface area contributed by atoms with Gasteiger partial charge < -0.3 is 10.7 Å². The Hall–Kier alpha value is -2.56. The lowest BCUT2D eigenvalue weighted by Gasteiger charge is -2.01. The largest absolute Gasteiger partial charge is 0.369 e. The van der Waals surface area contributed by atoms with Crippen LogP contribution in [0.15, 0.2) is 35.3 Å². The molecule has 0 saturated heterocycles. The van der Waals surface area contributed by atoms with E-state index in [2.05, 4.69) is 39.2 Å². The van der Waals surface area contributed by atoms with Crippen molar-refractivity contribution >= 4 is 17.0 Å². The fourth-order valence-electron chi connectivity index (χ4n) is 2.19. The fraction of sp³-hybridized carbons (Fsp3) is 0.143. The summed E-state index contributed by atoms with van der Waals surface area (Å²) in [6.45, 7) is 2.05. The molecule has 3 rings (SSSR count). The first kappa shape index (κ1) is 11.5. The van der Waals surface area contributed by atoms with Crippen LogP contribution in [0.5, 0.6) is 0 Å². The summed E-state index contributed by atoms with van der Waals surface area (Å²) in [7, 11) is 0. The van der Waals surface area contributed by atoms with E-state index >= 15 is 0 Å². The van der Waals surface area contributed by atoms with Crippen LogP contribution in [0.25, 0.3) is 11.0 Å². The summed E-state index contributed by atoms with van der Waals surface area (Å²) in [6.07, 6.45) is 2.50. The van der Waals surface area contributed by atoms with E-state index in [0.29, 0.717) is 17.5 Å². The molecule has 1 aromatic carbocycles. The van der Waals surface area contributed by atoms with E-state index in [-0.39, 0.29) is 11.5 Å².